The van der Waals surface area contributed by atoms with Crippen molar-refractivity contribution in [3.63, 3.8) is 0 Å². The molecule has 2 amide bonds. The molecule has 3 aromatic heterocycles. The van der Waals surface area contributed by atoms with Gasteiger partial charge in [-0.3, -0.25) is 9.59 Å². The number of carbonyl (C=O) groups excluding carboxylic acids is 2. The average molecular weight is 600 g/mol. The van der Waals surface area contributed by atoms with Crippen LogP contribution in [0.15, 0.2) is 30.3 Å². The molecule has 0 radical (unpaired) electrons. The van der Waals surface area contributed by atoms with Crippen molar-refractivity contribution in [2.45, 2.75) is 84.3 Å². The highest BCUT2D eigenvalue weighted by atomic mass is 16.5. The second-order valence-corrected chi connectivity index (χ2v) is 13.3. The number of aryl methyl sites for hydroxylation is 2. The van der Waals surface area contributed by atoms with Crippen LogP contribution in [0.5, 0.6) is 5.75 Å². The number of benzene rings is 1. The van der Waals surface area contributed by atoms with Crippen LogP contribution >= 0.6 is 0 Å². The molecule has 0 unspecified atom stereocenters. The first kappa shape index (κ1) is 30.1. The largest absolute Gasteiger partial charge is 0.494 e. The van der Waals surface area contributed by atoms with Gasteiger partial charge in [0.05, 0.1) is 30.1 Å². The van der Waals surface area contributed by atoms with E-state index in [1.54, 1.807) is 7.11 Å². The summed E-state index contributed by atoms with van der Waals surface area (Å²) in [6.07, 6.45) is 6.84. The molecule has 1 saturated heterocycles. The minimum Gasteiger partial charge on any atom is -0.494 e. The smallest absolute Gasteiger partial charge is 0.254 e. The number of rotatable bonds is 3. The topological polar surface area (TPSA) is 120 Å². The van der Waals surface area contributed by atoms with E-state index in [1.807, 2.05) is 55.5 Å². The molecule has 2 aliphatic rings. The lowest BCUT2D eigenvalue weighted by Crippen LogP contribution is -2.45. The number of hydrogen-bond acceptors (Lipinski definition) is 6. The third-order valence-corrected chi connectivity index (χ3v) is 9.48. The Labute approximate surface area is 259 Å². The number of ether oxygens (including phenoxy) is 1. The molecule has 0 aliphatic carbocycles. The number of nitrogens with zero attached hydrogens (tertiary/aromatic N) is 5. The van der Waals surface area contributed by atoms with Gasteiger partial charge >= 0.3 is 0 Å². The lowest BCUT2D eigenvalue weighted by Gasteiger charge is -2.30. The Bertz CT molecular complexity index is 1720. The van der Waals surface area contributed by atoms with Gasteiger partial charge in [0, 0.05) is 49.1 Å². The average Bonchev–Trinajstić information content (AvgIpc) is 3.53. The highest BCUT2D eigenvalue weighted by Crippen LogP contribution is 2.35. The van der Waals surface area contributed by atoms with Crippen molar-refractivity contribution in [3.8, 4) is 17.3 Å². The first-order valence-corrected chi connectivity index (χ1v) is 16.0. The summed E-state index contributed by atoms with van der Waals surface area (Å²) in [6, 6.07) is 9.71. The van der Waals surface area contributed by atoms with E-state index in [9.17, 15) is 9.59 Å². The number of aromatic nitrogens is 4. The van der Waals surface area contributed by atoms with Crippen LogP contribution in [-0.4, -0.2) is 62.1 Å². The minimum atomic E-state index is -0.414. The highest BCUT2D eigenvalue weighted by molar-refractivity contribution is 6.00. The lowest BCUT2D eigenvalue weighted by molar-refractivity contribution is -0.130. The molecule has 2 atom stereocenters. The Kier molecular flexibility index (Phi) is 8.13. The van der Waals surface area contributed by atoms with Gasteiger partial charge in [-0.05, 0) is 62.9 Å². The molecule has 6 rings (SSSR count). The van der Waals surface area contributed by atoms with Crippen molar-refractivity contribution in [3.05, 3.63) is 41.6 Å². The molecule has 4 aromatic rings. The predicted molar refractivity (Wildman–Crippen MR) is 173 cm³/mol. The maximum absolute atomic E-state index is 13.5. The molecular weight excluding hydrogens is 554 g/mol. The summed E-state index contributed by atoms with van der Waals surface area (Å²) in [7, 11) is 3.62. The van der Waals surface area contributed by atoms with E-state index in [-0.39, 0.29) is 23.9 Å². The Morgan fingerprint density at radius 3 is 2.64 bits per heavy atom. The van der Waals surface area contributed by atoms with Crippen molar-refractivity contribution in [2.24, 2.45) is 18.2 Å². The summed E-state index contributed by atoms with van der Waals surface area (Å²) < 4.78 is 10.1. The predicted octanol–water partition coefficient (Wildman–Crippen LogP) is 5.33. The fourth-order valence-electron chi connectivity index (χ4n) is 6.76. The Hall–Kier alpha value is -3.92. The molecule has 3 N–H and O–H groups in total. The summed E-state index contributed by atoms with van der Waals surface area (Å²) >= 11 is 0. The maximum atomic E-state index is 13.5. The van der Waals surface area contributed by atoms with E-state index in [4.69, 9.17) is 20.4 Å². The standard InChI is InChI=1S/C34H45N7O3/c1-21-25-13-12-22-18-27(41(30(22)37-25)16-9-7-6-8-14-34(2,3)33(43)36-21)31-38-26-17-23(19-28(44-5)29(26)39(31)4)32(42)40-15-10-11-24(35)20-40/h12-13,17-19,21,24H,6-11,14-16,20,35H2,1-5H3,(H,36,43)/t21-,24-/m1/s1. The number of amides is 2. The second kappa shape index (κ2) is 11.9. The summed E-state index contributed by atoms with van der Waals surface area (Å²) in [5, 5.41) is 4.22. The molecule has 10 nitrogen and oxygen atoms in total. The Morgan fingerprint density at radius 2 is 1.86 bits per heavy atom. The van der Waals surface area contributed by atoms with E-state index < -0.39 is 5.41 Å². The molecule has 10 heteroatoms. The SMILES string of the molecule is COc1cc(C(=O)N2CCC[C@@H](N)C2)cc2nc(-c3cc4ccc5nc4n3CCCCCCC(C)(C)C(=O)N[C@@H]5C)n(C)c12. The van der Waals surface area contributed by atoms with Gasteiger partial charge in [0.2, 0.25) is 5.91 Å². The molecule has 234 valence electrons. The van der Waals surface area contributed by atoms with E-state index in [1.165, 1.54) is 0 Å². The van der Waals surface area contributed by atoms with Crippen LogP contribution in [0.1, 0.15) is 87.8 Å². The number of hydrogen-bond donors (Lipinski definition) is 2. The Morgan fingerprint density at radius 1 is 1.07 bits per heavy atom. The van der Waals surface area contributed by atoms with Crippen molar-refractivity contribution in [1.29, 1.82) is 0 Å². The third-order valence-electron chi connectivity index (χ3n) is 9.48. The minimum absolute atomic E-state index is 0.00441. The summed E-state index contributed by atoms with van der Waals surface area (Å²) in [6.45, 7) is 8.12. The van der Waals surface area contributed by atoms with E-state index in [2.05, 4.69) is 22.0 Å². The number of imidazole rings is 1. The van der Waals surface area contributed by atoms with Gasteiger partial charge in [0.25, 0.3) is 5.91 Å². The van der Waals surface area contributed by atoms with Gasteiger partial charge < -0.3 is 29.8 Å². The zero-order chi connectivity index (χ0) is 31.2. The van der Waals surface area contributed by atoms with E-state index >= 15 is 0 Å². The zero-order valence-electron chi connectivity index (χ0n) is 26.7. The van der Waals surface area contributed by atoms with Crippen molar-refractivity contribution in [2.75, 3.05) is 20.2 Å². The fraction of sp³-hybridized carbons (Fsp3) is 0.529. The number of carbonyl (C=O) groups is 2. The number of pyridine rings is 1. The first-order chi connectivity index (χ1) is 21.1. The van der Waals surface area contributed by atoms with Gasteiger partial charge in [-0.25, -0.2) is 9.97 Å². The van der Waals surface area contributed by atoms with Gasteiger partial charge in [-0.2, -0.15) is 0 Å². The molecule has 1 fully saturated rings. The quantitative estimate of drug-likeness (QED) is 0.329. The lowest BCUT2D eigenvalue weighted by atomic mass is 9.85. The fourth-order valence-corrected chi connectivity index (χ4v) is 6.76. The highest BCUT2D eigenvalue weighted by Gasteiger charge is 2.29. The van der Waals surface area contributed by atoms with Crippen LogP contribution in [0, 0.1) is 5.41 Å². The maximum Gasteiger partial charge on any atom is 0.254 e. The Balaban J connectivity index is 1.43. The van der Waals surface area contributed by atoms with Crippen molar-refractivity contribution >= 4 is 33.9 Å². The van der Waals surface area contributed by atoms with Crippen LogP contribution in [0.2, 0.25) is 0 Å². The zero-order valence-corrected chi connectivity index (χ0v) is 26.7. The van der Waals surface area contributed by atoms with Gasteiger partial charge in [0.15, 0.2) is 5.82 Å². The monoisotopic (exact) mass is 599 g/mol. The van der Waals surface area contributed by atoms with Gasteiger partial charge in [-0.15, -0.1) is 0 Å². The van der Waals surface area contributed by atoms with Crippen LogP contribution in [0.25, 0.3) is 33.6 Å². The molecule has 2 bridgehead atoms. The van der Waals surface area contributed by atoms with Crippen molar-refractivity contribution < 1.29 is 14.3 Å². The van der Waals surface area contributed by atoms with Crippen LogP contribution < -0.4 is 15.8 Å². The summed E-state index contributed by atoms with van der Waals surface area (Å²) in [4.78, 5) is 38.7. The van der Waals surface area contributed by atoms with Crippen LogP contribution in [-0.2, 0) is 18.4 Å². The van der Waals surface area contributed by atoms with E-state index in [0.29, 0.717) is 29.9 Å². The molecule has 44 heavy (non-hydrogen) atoms. The summed E-state index contributed by atoms with van der Waals surface area (Å²) in [5.74, 6) is 1.41. The number of piperidine rings is 1. The number of methoxy groups -OCH3 is 1. The summed E-state index contributed by atoms with van der Waals surface area (Å²) in [5.41, 5.74) is 10.5. The molecule has 1 aromatic carbocycles. The molecule has 2 aliphatic heterocycles. The third kappa shape index (κ3) is 5.56. The second-order valence-electron chi connectivity index (χ2n) is 13.3. The van der Waals surface area contributed by atoms with Crippen LogP contribution in [0.4, 0.5) is 0 Å². The molecular formula is C34H45N7O3. The van der Waals surface area contributed by atoms with Gasteiger partial charge in [-0.1, -0.05) is 33.1 Å². The number of nitrogens with two attached hydrogens (primary N) is 1. The number of fused-ring (bicyclic) bond motifs is 2. The van der Waals surface area contributed by atoms with E-state index in [0.717, 1.165) is 85.3 Å². The molecule has 0 spiro atoms. The van der Waals surface area contributed by atoms with Crippen LogP contribution in [0.3, 0.4) is 0 Å². The van der Waals surface area contributed by atoms with Gasteiger partial charge in [0.1, 0.15) is 16.9 Å². The molecule has 5 heterocycles. The first-order valence-electron chi connectivity index (χ1n) is 16.0. The number of likely N-dealkylation sites (tertiary alicyclic amines) is 1. The van der Waals surface area contributed by atoms with Crippen molar-refractivity contribution in [1.82, 2.24) is 29.3 Å². The number of nitrogens with one attached hydrogen (secondary N) is 1. The normalized spacial score (nSPS) is 21.4. The molecule has 0 saturated carbocycles.